The smallest absolute Gasteiger partial charge is 0.416 e. The van der Waals surface area contributed by atoms with Gasteiger partial charge in [0.2, 0.25) is 0 Å². The maximum atomic E-state index is 12.7. The molecule has 0 atom stereocenters. The van der Waals surface area contributed by atoms with E-state index < -0.39 is 40.7 Å². The number of halogens is 6. The number of benzene rings is 2. The molecule has 0 unspecified atom stereocenters. The van der Waals surface area contributed by atoms with Crippen molar-refractivity contribution >= 4 is 23.3 Å². The first kappa shape index (κ1) is 19.4. The number of rotatable bonds is 3. The number of nitrogen functional groups attached to an aromatic ring is 1. The van der Waals surface area contributed by atoms with E-state index in [1.165, 1.54) is 0 Å². The summed E-state index contributed by atoms with van der Waals surface area (Å²) in [5, 5.41) is 9.30. The van der Waals surface area contributed by atoms with Gasteiger partial charge in [-0.05, 0) is 35.9 Å². The Bertz CT molecular complexity index is 851. The number of hydrogen-bond donors (Lipinski definition) is 2. The molecule has 0 aliphatic carbocycles. The van der Waals surface area contributed by atoms with E-state index in [0.717, 1.165) is 36.4 Å². The van der Waals surface area contributed by atoms with E-state index in [1.807, 2.05) is 0 Å². The minimum atomic E-state index is -4.65. The van der Waals surface area contributed by atoms with Crippen LogP contribution in [-0.2, 0) is 17.1 Å². The summed E-state index contributed by atoms with van der Waals surface area (Å²) in [6, 6.07) is 5.80. The van der Waals surface area contributed by atoms with Crippen molar-refractivity contribution in [3.63, 3.8) is 0 Å². The highest BCUT2D eigenvalue weighted by Crippen LogP contribution is 2.34. The number of carbonyl (C=O) groups is 1. The number of hydrogen-bond acceptors (Lipinski definition) is 2. The third-order valence-corrected chi connectivity index (χ3v) is 3.45. The molecule has 3 nitrogen and oxygen atoms in total. The molecule has 0 saturated carbocycles. The normalized spacial score (nSPS) is 12.9. The van der Waals surface area contributed by atoms with E-state index in [4.69, 9.17) is 5.73 Å². The predicted octanol–water partition coefficient (Wildman–Crippen LogP) is 4.93. The van der Waals surface area contributed by atoms with Crippen LogP contribution in [0.15, 0.2) is 42.5 Å². The van der Waals surface area contributed by atoms with Crippen molar-refractivity contribution in [1.82, 2.24) is 0 Å². The molecule has 0 bridgehead atoms. The largest absolute Gasteiger partial charge is 0.478 e. The lowest BCUT2D eigenvalue weighted by atomic mass is 9.99. The summed E-state index contributed by atoms with van der Waals surface area (Å²) in [4.78, 5) is 11.4. The van der Waals surface area contributed by atoms with Crippen LogP contribution in [0.25, 0.3) is 11.6 Å². The minimum absolute atomic E-state index is 0.120. The van der Waals surface area contributed by atoms with Crippen LogP contribution in [0.4, 0.5) is 32.0 Å². The Kier molecular flexibility index (Phi) is 5.02. The number of alkyl halides is 6. The van der Waals surface area contributed by atoms with Gasteiger partial charge in [-0.25, -0.2) is 4.79 Å². The fourth-order valence-corrected chi connectivity index (χ4v) is 2.17. The molecule has 9 heteroatoms. The van der Waals surface area contributed by atoms with E-state index in [9.17, 15) is 36.2 Å². The third kappa shape index (κ3) is 4.35. The molecule has 0 aliphatic rings. The molecule has 0 saturated heterocycles. The molecule has 2 rings (SSSR count). The van der Waals surface area contributed by atoms with Crippen LogP contribution in [0.3, 0.4) is 0 Å². The van der Waals surface area contributed by atoms with Crippen molar-refractivity contribution in [2.45, 2.75) is 12.4 Å². The molecule has 0 spiro atoms. The first-order chi connectivity index (χ1) is 11.9. The van der Waals surface area contributed by atoms with Crippen LogP contribution in [-0.4, -0.2) is 11.1 Å². The Labute approximate surface area is 143 Å². The predicted molar refractivity (Wildman–Crippen MR) is 82.8 cm³/mol. The van der Waals surface area contributed by atoms with Gasteiger partial charge < -0.3 is 10.8 Å². The Morgan fingerprint density at radius 3 is 1.81 bits per heavy atom. The van der Waals surface area contributed by atoms with Crippen LogP contribution in [0.2, 0.25) is 0 Å². The van der Waals surface area contributed by atoms with E-state index in [1.54, 1.807) is 0 Å². The van der Waals surface area contributed by atoms with E-state index in [0.29, 0.717) is 12.1 Å². The second kappa shape index (κ2) is 6.74. The molecule has 0 aliphatic heterocycles. The number of aliphatic carboxylic acids is 1. The average molecular weight is 375 g/mol. The first-order valence-electron chi connectivity index (χ1n) is 6.99. The van der Waals surface area contributed by atoms with Gasteiger partial charge >= 0.3 is 18.3 Å². The van der Waals surface area contributed by atoms with Crippen molar-refractivity contribution < 1.29 is 36.2 Å². The summed E-state index contributed by atoms with van der Waals surface area (Å²) in [6.45, 7) is 0. The second-order valence-corrected chi connectivity index (χ2v) is 5.28. The Morgan fingerprint density at radius 2 is 1.38 bits per heavy atom. The van der Waals surface area contributed by atoms with Crippen molar-refractivity contribution in [2.24, 2.45) is 0 Å². The zero-order valence-corrected chi connectivity index (χ0v) is 12.8. The van der Waals surface area contributed by atoms with Crippen LogP contribution in [0.5, 0.6) is 0 Å². The molecule has 26 heavy (non-hydrogen) atoms. The number of carboxylic acids is 1. The maximum Gasteiger partial charge on any atom is 0.416 e. The minimum Gasteiger partial charge on any atom is -0.478 e. The number of anilines is 1. The Morgan fingerprint density at radius 1 is 0.885 bits per heavy atom. The Balaban J connectivity index is 2.47. The maximum absolute atomic E-state index is 12.7. The monoisotopic (exact) mass is 375 g/mol. The summed E-state index contributed by atoms with van der Waals surface area (Å²) >= 11 is 0. The summed E-state index contributed by atoms with van der Waals surface area (Å²) in [5.74, 6) is -1.49. The summed E-state index contributed by atoms with van der Waals surface area (Å²) in [6.07, 6.45) is -8.16. The van der Waals surface area contributed by atoms with E-state index in [-0.39, 0.29) is 11.1 Å². The molecule has 2 aromatic rings. The van der Waals surface area contributed by atoms with Gasteiger partial charge in [0, 0.05) is 11.3 Å². The van der Waals surface area contributed by atoms with Gasteiger partial charge in [0.1, 0.15) is 0 Å². The molecular formula is C17H11F6NO2. The molecular weight excluding hydrogens is 364 g/mol. The van der Waals surface area contributed by atoms with E-state index >= 15 is 0 Å². The molecule has 3 N–H and O–H groups in total. The van der Waals surface area contributed by atoms with E-state index in [2.05, 4.69) is 0 Å². The molecule has 0 heterocycles. The van der Waals surface area contributed by atoms with Crippen LogP contribution < -0.4 is 5.73 Å². The highest BCUT2D eigenvalue weighted by molar-refractivity contribution is 6.22. The highest BCUT2D eigenvalue weighted by Gasteiger charge is 2.31. The number of nitrogens with two attached hydrogens (primary N) is 1. The molecule has 0 aromatic heterocycles. The van der Waals surface area contributed by atoms with Crippen LogP contribution in [0, 0.1) is 0 Å². The van der Waals surface area contributed by atoms with Gasteiger partial charge in [-0.3, -0.25) is 0 Å². The summed E-state index contributed by atoms with van der Waals surface area (Å²) in [5.41, 5.74) is 2.66. The topological polar surface area (TPSA) is 63.3 Å². The lowest BCUT2D eigenvalue weighted by molar-refractivity contribution is -0.138. The molecule has 0 radical (unpaired) electrons. The number of carboxylic acid groups (broad SMARTS) is 1. The van der Waals surface area contributed by atoms with Gasteiger partial charge in [-0.2, -0.15) is 26.3 Å². The van der Waals surface area contributed by atoms with Gasteiger partial charge in [0.15, 0.2) is 0 Å². The highest BCUT2D eigenvalue weighted by atomic mass is 19.4. The third-order valence-electron chi connectivity index (χ3n) is 3.45. The fraction of sp³-hybridized carbons (Fsp3) is 0.118. The van der Waals surface area contributed by atoms with Crippen molar-refractivity contribution in [2.75, 3.05) is 5.73 Å². The molecule has 2 aromatic carbocycles. The Hall–Kier alpha value is -2.97. The first-order valence-corrected chi connectivity index (χ1v) is 6.99. The molecule has 0 amide bonds. The zero-order chi connectivity index (χ0) is 19.7. The molecule has 138 valence electrons. The van der Waals surface area contributed by atoms with Crippen molar-refractivity contribution in [3.05, 3.63) is 64.7 Å². The standard InChI is InChI=1S/C17H11F6NO2/c18-16(19,20)10-3-1-9(2-4-10)7-13(15(25)26)12-6-5-11(8-14(12)24)17(21,22)23/h1-8H,24H2,(H,25,26)/b13-7+. The van der Waals surface area contributed by atoms with Gasteiger partial charge in [-0.1, -0.05) is 18.2 Å². The lowest BCUT2D eigenvalue weighted by Gasteiger charge is -2.12. The van der Waals surface area contributed by atoms with Gasteiger partial charge in [0.25, 0.3) is 0 Å². The zero-order valence-electron chi connectivity index (χ0n) is 12.8. The summed E-state index contributed by atoms with van der Waals surface area (Å²) in [7, 11) is 0. The summed E-state index contributed by atoms with van der Waals surface area (Å²) < 4.78 is 75.6. The fourth-order valence-electron chi connectivity index (χ4n) is 2.17. The van der Waals surface area contributed by atoms with Crippen molar-refractivity contribution in [3.8, 4) is 0 Å². The lowest BCUT2D eigenvalue weighted by Crippen LogP contribution is -2.08. The van der Waals surface area contributed by atoms with Gasteiger partial charge in [0.05, 0.1) is 16.7 Å². The SMILES string of the molecule is Nc1cc(C(F)(F)F)ccc1/C(=C\c1ccc(C(F)(F)F)cc1)C(=O)O. The molecule has 0 fully saturated rings. The van der Waals surface area contributed by atoms with Crippen LogP contribution in [0.1, 0.15) is 22.3 Å². The van der Waals surface area contributed by atoms with Crippen LogP contribution >= 0.6 is 0 Å². The quantitative estimate of drug-likeness (QED) is 0.346. The van der Waals surface area contributed by atoms with Gasteiger partial charge in [-0.15, -0.1) is 0 Å². The second-order valence-electron chi connectivity index (χ2n) is 5.28. The average Bonchev–Trinajstić information content (AvgIpc) is 2.51. The van der Waals surface area contributed by atoms with Crippen molar-refractivity contribution in [1.29, 1.82) is 0 Å².